The highest BCUT2D eigenvalue weighted by molar-refractivity contribution is 7.14. The van der Waals surface area contributed by atoms with Crippen molar-refractivity contribution in [1.82, 2.24) is 44.6 Å². The minimum absolute atomic E-state index is 0.185. The number of pyridine rings is 1. The van der Waals surface area contributed by atoms with Crippen LogP contribution in [0.25, 0.3) is 22.0 Å². The zero-order valence-corrected chi connectivity index (χ0v) is 19.7. The first kappa shape index (κ1) is 22.7. The summed E-state index contributed by atoms with van der Waals surface area (Å²) in [5.41, 5.74) is 1.64. The third kappa shape index (κ3) is 4.37. The number of nitrogens with zero attached hydrogens (tertiary/aromatic N) is 8. The van der Waals surface area contributed by atoms with Gasteiger partial charge in [-0.3, -0.25) is 9.20 Å². The van der Waals surface area contributed by atoms with Crippen LogP contribution in [-0.4, -0.2) is 45.2 Å². The van der Waals surface area contributed by atoms with Crippen molar-refractivity contribution >= 4 is 22.9 Å². The first-order valence-corrected chi connectivity index (χ1v) is 11.3. The number of carbonyl (C=O) groups is 1. The van der Waals surface area contributed by atoms with Crippen LogP contribution >= 0.6 is 11.3 Å². The molecule has 0 bridgehead atoms. The number of amides is 1. The second-order valence-corrected chi connectivity index (χ2v) is 9.20. The molecule has 1 N–H and O–H groups in total. The lowest BCUT2D eigenvalue weighted by Gasteiger charge is -2.14. The summed E-state index contributed by atoms with van der Waals surface area (Å²) in [6, 6.07) is 1.46. The molecule has 0 saturated carbocycles. The van der Waals surface area contributed by atoms with E-state index in [-0.39, 0.29) is 17.8 Å². The number of hydrogen-bond donors (Lipinski definition) is 1. The van der Waals surface area contributed by atoms with E-state index in [2.05, 4.69) is 35.6 Å². The number of halogens is 2. The van der Waals surface area contributed by atoms with Crippen LogP contribution in [0.15, 0.2) is 43.2 Å². The van der Waals surface area contributed by atoms with Gasteiger partial charge < -0.3 is 5.32 Å². The third-order valence-corrected chi connectivity index (χ3v) is 6.14. The number of thiazole rings is 1. The van der Waals surface area contributed by atoms with Crippen molar-refractivity contribution in [2.75, 3.05) is 0 Å². The third-order valence-electron chi connectivity index (χ3n) is 5.20. The molecule has 5 aromatic heterocycles. The molecule has 0 atom stereocenters. The van der Waals surface area contributed by atoms with Gasteiger partial charge in [-0.15, -0.1) is 16.4 Å². The summed E-state index contributed by atoms with van der Waals surface area (Å²) in [5.74, 6) is -3.02. The maximum absolute atomic E-state index is 14.3. The standard InChI is InChI=1S/C22H19F2N9OS/c1-12-5-29-21(35-12)17-9-27-19-16(33-18(10-30-31-33)22(3,23)24)4-15(11-32(17)19)20(34)28-8-14-6-25-13(2)26-7-14/h4-7,9-11H,8H2,1-3H3,(H,28,34). The minimum atomic E-state index is -3.22. The molecular formula is C22H19F2N9OS. The van der Waals surface area contributed by atoms with E-state index in [1.807, 2.05) is 6.92 Å². The Balaban J connectivity index is 1.62. The van der Waals surface area contributed by atoms with Crippen LogP contribution in [0.5, 0.6) is 0 Å². The van der Waals surface area contributed by atoms with Crippen molar-refractivity contribution in [2.24, 2.45) is 0 Å². The van der Waals surface area contributed by atoms with Crippen molar-refractivity contribution in [3.63, 3.8) is 0 Å². The van der Waals surface area contributed by atoms with E-state index in [0.29, 0.717) is 22.2 Å². The lowest BCUT2D eigenvalue weighted by atomic mass is 10.2. The van der Waals surface area contributed by atoms with Crippen molar-refractivity contribution in [1.29, 1.82) is 0 Å². The summed E-state index contributed by atoms with van der Waals surface area (Å²) >= 11 is 1.45. The molecule has 13 heteroatoms. The Kier molecular flexibility index (Phi) is 5.55. The summed E-state index contributed by atoms with van der Waals surface area (Å²) < 4.78 is 31.2. The highest BCUT2D eigenvalue weighted by Gasteiger charge is 2.31. The van der Waals surface area contributed by atoms with E-state index >= 15 is 0 Å². The predicted molar refractivity (Wildman–Crippen MR) is 123 cm³/mol. The Morgan fingerprint density at radius 3 is 2.54 bits per heavy atom. The zero-order valence-electron chi connectivity index (χ0n) is 18.9. The number of aryl methyl sites for hydroxylation is 2. The number of rotatable bonds is 6. The Hall–Kier alpha value is -4.13. The van der Waals surface area contributed by atoms with Crippen LogP contribution in [0.1, 0.15) is 39.2 Å². The molecule has 0 aliphatic rings. The van der Waals surface area contributed by atoms with E-state index in [9.17, 15) is 13.6 Å². The number of hydrogen-bond acceptors (Lipinski definition) is 8. The van der Waals surface area contributed by atoms with Gasteiger partial charge in [0.2, 0.25) is 0 Å². The quantitative estimate of drug-likeness (QED) is 0.383. The molecule has 10 nitrogen and oxygen atoms in total. The summed E-state index contributed by atoms with van der Waals surface area (Å²) in [7, 11) is 0. The van der Waals surface area contributed by atoms with Crippen molar-refractivity contribution in [3.05, 3.63) is 70.8 Å². The molecule has 0 saturated heterocycles. The van der Waals surface area contributed by atoms with Crippen molar-refractivity contribution in [2.45, 2.75) is 33.2 Å². The second-order valence-electron chi connectivity index (χ2n) is 7.97. The monoisotopic (exact) mass is 495 g/mol. The maximum atomic E-state index is 14.3. The molecule has 5 heterocycles. The molecule has 0 spiro atoms. The van der Waals surface area contributed by atoms with E-state index < -0.39 is 17.5 Å². The zero-order chi connectivity index (χ0) is 24.7. The molecule has 0 fully saturated rings. The minimum Gasteiger partial charge on any atom is -0.348 e. The summed E-state index contributed by atoms with van der Waals surface area (Å²) in [6.45, 7) is 4.64. The Bertz CT molecular complexity index is 1530. The molecule has 35 heavy (non-hydrogen) atoms. The van der Waals surface area contributed by atoms with Gasteiger partial charge in [-0.05, 0) is 19.9 Å². The smallest absolute Gasteiger partial charge is 0.288 e. The van der Waals surface area contributed by atoms with Gasteiger partial charge in [0.25, 0.3) is 11.8 Å². The Labute approximate surface area is 201 Å². The van der Waals surface area contributed by atoms with E-state index in [1.54, 1.807) is 42.3 Å². The van der Waals surface area contributed by atoms with E-state index in [4.69, 9.17) is 0 Å². The maximum Gasteiger partial charge on any atom is 0.288 e. The summed E-state index contributed by atoms with van der Waals surface area (Å²) in [6.07, 6.45) is 9.16. The SMILES string of the molecule is Cc1ncc(CNC(=O)c2cc(-n3nncc3C(C)(F)F)c3ncc(-c4ncc(C)s4)n3c2)cn1. The van der Waals surface area contributed by atoms with E-state index in [0.717, 1.165) is 28.2 Å². The van der Waals surface area contributed by atoms with Gasteiger partial charge in [0.15, 0.2) is 5.65 Å². The highest BCUT2D eigenvalue weighted by atomic mass is 32.1. The fourth-order valence-electron chi connectivity index (χ4n) is 3.49. The normalized spacial score (nSPS) is 11.8. The van der Waals surface area contributed by atoms with E-state index in [1.165, 1.54) is 17.4 Å². The van der Waals surface area contributed by atoms with Crippen LogP contribution in [-0.2, 0) is 12.5 Å². The van der Waals surface area contributed by atoms with Gasteiger partial charge in [0.05, 0.1) is 18.0 Å². The largest absolute Gasteiger partial charge is 0.348 e. The van der Waals surface area contributed by atoms with Crippen LogP contribution in [0.2, 0.25) is 0 Å². The van der Waals surface area contributed by atoms with Gasteiger partial charge in [-0.1, -0.05) is 5.21 Å². The molecule has 1 amide bonds. The molecule has 0 aromatic carbocycles. The number of aromatic nitrogens is 8. The number of fused-ring (bicyclic) bond motifs is 1. The number of nitrogens with one attached hydrogen (secondary N) is 1. The predicted octanol–water partition coefficient (Wildman–Crippen LogP) is 3.49. The van der Waals surface area contributed by atoms with Gasteiger partial charge in [-0.2, -0.15) is 8.78 Å². The number of imidazole rings is 1. The fraction of sp³-hybridized carbons (Fsp3) is 0.227. The Morgan fingerprint density at radius 2 is 1.86 bits per heavy atom. The lowest BCUT2D eigenvalue weighted by Crippen LogP contribution is -2.24. The second kappa shape index (κ2) is 8.58. The van der Waals surface area contributed by atoms with Gasteiger partial charge in [0, 0.05) is 48.7 Å². The van der Waals surface area contributed by atoms with Crippen molar-refractivity contribution < 1.29 is 13.6 Å². The van der Waals surface area contributed by atoms with Gasteiger partial charge in [-0.25, -0.2) is 24.6 Å². The topological polar surface area (TPSA) is 116 Å². The highest BCUT2D eigenvalue weighted by Crippen LogP contribution is 2.32. The van der Waals surface area contributed by atoms with Crippen LogP contribution in [0.4, 0.5) is 8.78 Å². The lowest BCUT2D eigenvalue weighted by molar-refractivity contribution is 0.0103. The molecule has 5 aromatic rings. The van der Waals surface area contributed by atoms with Crippen LogP contribution in [0.3, 0.4) is 0 Å². The fourth-order valence-corrected chi connectivity index (χ4v) is 4.26. The number of carbonyl (C=O) groups excluding carboxylic acids is 1. The van der Waals surface area contributed by atoms with Crippen LogP contribution < -0.4 is 5.32 Å². The molecule has 0 unspecified atom stereocenters. The summed E-state index contributed by atoms with van der Waals surface area (Å²) in [5, 5.41) is 11.0. The average Bonchev–Trinajstić information content (AvgIpc) is 3.56. The molecule has 0 radical (unpaired) electrons. The molecular weight excluding hydrogens is 476 g/mol. The average molecular weight is 496 g/mol. The Morgan fingerprint density at radius 1 is 1.09 bits per heavy atom. The van der Waals surface area contributed by atoms with Gasteiger partial charge >= 0.3 is 0 Å². The molecule has 0 aliphatic heterocycles. The van der Waals surface area contributed by atoms with Gasteiger partial charge in [0.1, 0.15) is 27.9 Å². The first-order chi connectivity index (χ1) is 16.7. The van der Waals surface area contributed by atoms with Crippen LogP contribution in [0, 0.1) is 13.8 Å². The number of alkyl halides is 2. The first-order valence-electron chi connectivity index (χ1n) is 10.5. The molecule has 0 aliphatic carbocycles. The molecule has 5 rings (SSSR count). The summed E-state index contributed by atoms with van der Waals surface area (Å²) in [4.78, 5) is 31.2. The molecule has 178 valence electrons. The van der Waals surface area contributed by atoms with Crippen molar-refractivity contribution in [3.8, 4) is 16.4 Å².